The lowest BCUT2D eigenvalue weighted by Gasteiger charge is -2.19. The summed E-state index contributed by atoms with van der Waals surface area (Å²) in [5.74, 6) is 1.26. The Morgan fingerprint density at radius 2 is 1.97 bits per heavy atom. The number of pyridine rings is 1. The van der Waals surface area contributed by atoms with Crippen LogP contribution in [-0.2, 0) is 5.41 Å². The fourth-order valence-electron chi connectivity index (χ4n) is 4.46. The van der Waals surface area contributed by atoms with E-state index in [-0.39, 0.29) is 17.9 Å². The first-order valence-corrected chi connectivity index (χ1v) is 11.2. The summed E-state index contributed by atoms with van der Waals surface area (Å²) >= 11 is 0. The molecule has 3 heterocycles. The molecule has 5 rings (SSSR count). The Bertz CT molecular complexity index is 1180. The highest BCUT2D eigenvalue weighted by Gasteiger charge is 2.52. The number of aromatic nitrogens is 3. The summed E-state index contributed by atoms with van der Waals surface area (Å²) in [7, 11) is 1.70. The Labute approximate surface area is 192 Å². The Balaban J connectivity index is 1.45. The molecule has 8 nitrogen and oxygen atoms in total. The second-order valence-electron chi connectivity index (χ2n) is 8.63. The number of ether oxygens (including phenoxy) is 1. The van der Waals surface area contributed by atoms with Crippen molar-refractivity contribution < 1.29 is 14.6 Å². The molecule has 33 heavy (non-hydrogen) atoms. The number of hydrogen-bond donors (Lipinski definition) is 1. The van der Waals surface area contributed by atoms with Crippen LogP contribution in [0.1, 0.15) is 35.7 Å². The summed E-state index contributed by atoms with van der Waals surface area (Å²) in [5, 5.41) is 9.17. The molecule has 0 unspecified atom stereocenters. The molecule has 170 valence electrons. The number of benzene rings is 1. The van der Waals surface area contributed by atoms with Crippen molar-refractivity contribution in [3.63, 3.8) is 0 Å². The van der Waals surface area contributed by atoms with E-state index in [1.165, 1.54) is 10.5 Å². The van der Waals surface area contributed by atoms with Crippen LogP contribution in [0.25, 0.3) is 11.3 Å². The molecule has 2 aliphatic rings. The third-order valence-electron chi connectivity index (χ3n) is 6.42. The Kier molecular flexibility index (Phi) is 5.46. The molecule has 1 N–H and O–H groups in total. The SMILES string of the molecule is CCOc1ccnc(-c2cnc(N3CC4(CC4)c4ccc(C(=O)N(C)CCO)cc43)nc2)c1. The third kappa shape index (κ3) is 3.91. The zero-order chi connectivity index (χ0) is 23.0. The van der Waals surface area contributed by atoms with Gasteiger partial charge in [-0.3, -0.25) is 9.78 Å². The van der Waals surface area contributed by atoms with Gasteiger partial charge in [-0.1, -0.05) is 6.07 Å². The van der Waals surface area contributed by atoms with Gasteiger partial charge in [0.15, 0.2) is 0 Å². The standard InChI is InChI=1S/C25H27N5O3/c1-3-33-19-6-9-26-21(13-19)18-14-27-24(28-15-18)30-16-25(7-8-25)20-5-4-17(12-22(20)30)23(32)29(2)10-11-31/h4-6,9,12-15,31H,3,7-8,10-11,16H2,1-2H3. The van der Waals surface area contributed by atoms with E-state index < -0.39 is 0 Å². The lowest BCUT2D eigenvalue weighted by Crippen LogP contribution is -2.29. The lowest BCUT2D eigenvalue weighted by molar-refractivity contribution is 0.0767. The number of anilines is 2. The third-order valence-corrected chi connectivity index (χ3v) is 6.42. The zero-order valence-corrected chi connectivity index (χ0v) is 18.9. The molecule has 3 aromatic rings. The molecule has 0 atom stereocenters. The number of amides is 1. The van der Waals surface area contributed by atoms with E-state index in [0.29, 0.717) is 24.7 Å². The number of hydrogen-bond acceptors (Lipinski definition) is 7. The first kappa shape index (κ1) is 21.3. The number of aliphatic hydroxyl groups is 1. The summed E-state index contributed by atoms with van der Waals surface area (Å²) in [6.07, 6.45) is 7.53. The number of nitrogens with zero attached hydrogens (tertiary/aromatic N) is 5. The van der Waals surface area contributed by atoms with Crippen LogP contribution in [0.2, 0.25) is 0 Å². The molecule has 1 fully saturated rings. The first-order chi connectivity index (χ1) is 16.0. The maximum atomic E-state index is 12.8. The highest BCUT2D eigenvalue weighted by molar-refractivity contribution is 5.96. The average Bonchev–Trinajstić information content (AvgIpc) is 3.55. The molecule has 2 aromatic heterocycles. The minimum atomic E-state index is -0.111. The molecular weight excluding hydrogens is 418 g/mol. The van der Waals surface area contributed by atoms with Crippen LogP contribution in [-0.4, -0.2) is 64.2 Å². The number of fused-ring (bicyclic) bond motifs is 2. The van der Waals surface area contributed by atoms with Crippen molar-refractivity contribution in [2.24, 2.45) is 0 Å². The van der Waals surface area contributed by atoms with Crippen molar-refractivity contribution in [1.29, 1.82) is 0 Å². The molecule has 0 bridgehead atoms. The van der Waals surface area contributed by atoms with Crippen LogP contribution in [0.4, 0.5) is 11.6 Å². The summed E-state index contributed by atoms with van der Waals surface area (Å²) in [5.41, 5.74) is 4.54. The van der Waals surface area contributed by atoms with E-state index in [9.17, 15) is 9.90 Å². The molecule has 1 saturated carbocycles. The molecule has 1 aliphatic heterocycles. The molecule has 1 spiro atoms. The first-order valence-electron chi connectivity index (χ1n) is 11.2. The van der Waals surface area contributed by atoms with Gasteiger partial charge < -0.3 is 19.6 Å². The average molecular weight is 446 g/mol. The quantitative estimate of drug-likeness (QED) is 0.597. The zero-order valence-electron chi connectivity index (χ0n) is 18.9. The summed E-state index contributed by atoms with van der Waals surface area (Å²) in [4.78, 5) is 30.1. The molecule has 0 saturated heterocycles. The molecule has 1 aromatic carbocycles. The Morgan fingerprint density at radius 3 is 2.67 bits per heavy atom. The van der Waals surface area contributed by atoms with Crippen molar-refractivity contribution in [1.82, 2.24) is 19.9 Å². The maximum Gasteiger partial charge on any atom is 0.253 e. The predicted octanol–water partition coefficient (Wildman–Crippen LogP) is 3.18. The van der Waals surface area contributed by atoms with Gasteiger partial charge in [0.25, 0.3) is 5.91 Å². The Hall–Kier alpha value is -3.52. The minimum Gasteiger partial charge on any atom is -0.494 e. The van der Waals surface area contributed by atoms with E-state index in [0.717, 1.165) is 42.1 Å². The van der Waals surface area contributed by atoms with Crippen molar-refractivity contribution in [2.45, 2.75) is 25.2 Å². The largest absolute Gasteiger partial charge is 0.494 e. The fourth-order valence-corrected chi connectivity index (χ4v) is 4.46. The molecule has 8 heteroatoms. The number of rotatable bonds is 7. The summed E-state index contributed by atoms with van der Waals surface area (Å²) in [6.45, 7) is 3.58. The second-order valence-corrected chi connectivity index (χ2v) is 8.63. The minimum absolute atomic E-state index is 0.0645. The van der Waals surface area contributed by atoms with Gasteiger partial charge in [0, 0.05) is 67.0 Å². The molecule has 0 radical (unpaired) electrons. The fraction of sp³-hybridized carbons (Fsp3) is 0.360. The monoisotopic (exact) mass is 445 g/mol. The lowest BCUT2D eigenvalue weighted by atomic mass is 9.97. The van der Waals surface area contributed by atoms with Crippen LogP contribution in [0.5, 0.6) is 5.75 Å². The van der Waals surface area contributed by atoms with Gasteiger partial charge in [0.2, 0.25) is 5.95 Å². The van der Waals surface area contributed by atoms with Crippen molar-refractivity contribution >= 4 is 17.5 Å². The molecular formula is C25H27N5O3. The molecule has 1 amide bonds. The van der Waals surface area contributed by atoms with Crippen molar-refractivity contribution in [2.75, 3.05) is 38.3 Å². The number of carbonyl (C=O) groups is 1. The van der Waals surface area contributed by atoms with E-state index in [1.807, 2.05) is 31.2 Å². The molecule has 1 aliphatic carbocycles. The smallest absolute Gasteiger partial charge is 0.253 e. The van der Waals surface area contributed by atoms with Crippen molar-refractivity contribution in [3.8, 4) is 17.0 Å². The van der Waals surface area contributed by atoms with Crippen LogP contribution in [0, 0.1) is 0 Å². The number of aliphatic hydroxyl groups excluding tert-OH is 1. The predicted molar refractivity (Wildman–Crippen MR) is 125 cm³/mol. The highest BCUT2D eigenvalue weighted by atomic mass is 16.5. The number of likely N-dealkylation sites (N-methyl/N-ethyl adjacent to an activating group) is 1. The Morgan fingerprint density at radius 1 is 1.18 bits per heavy atom. The van der Waals surface area contributed by atoms with Gasteiger partial charge in [0.1, 0.15) is 5.75 Å². The van der Waals surface area contributed by atoms with Crippen molar-refractivity contribution in [3.05, 3.63) is 60.0 Å². The van der Waals surface area contributed by atoms with Gasteiger partial charge in [-0.05, 0) is 43.5 Å². The van der Waals surface area contributed by atoms with E-state index >= 15 is 0 Å². The topological polar surface area (TPSA) is 91.7 Å². The van der Waals surface area contributed by atoms with Crippen LogP contribution in [0.15, 0.2) is 48.9 Å². The summed E-state index contributed by atoms with van der Waals surface area (Å²) in [6, 6.07) is 9.60. The van der Waals surface area contributed by atoms with Crippen LogP contribution < -0.4 is 9.64 Å². The van der Waals surface area contributed by atoms with E-state index in [1.54, 1.807) is 25.6 Å². The summed E-state index contributed by atoms with van der Waals surface area (Å²) < 4.78 is 5.57. The van der Waals surface area contributed by atoms with Gasteiger partial charge >= 0.3 is 0 Å². The van der Waals surface area contributed by atoms with Gasteiger partial charge in [-0.25, -0.2) is 9.97 Å². The van der Waals surface area contributed by atoms with E-state index in [4.69, 9.17) is 4.74 Å². The van der Waals surface area contributed by atoms with Gasteiger partial charge in [-0.15, -0.1) is 0 Å². The van der Waals surface area contributed by atoms with Gasteiger partial charge in [-0.2, -0.15) is 0 Å². The second kappa shape index (κ2) is 8.44. The maximum absolute atomic E-state index is 12.8. The normalized spacial score (nSPS) is 15.4. The highest BCUT2D eigenvalue weighted by Crippen LogP contribution is 2.57. The number of carbonyl (C=O) groups excluding carboxylic acids is 1. The van der Waals surface area contributed by atoms with Crippen LogP contribution >= 0.6 is 0 Å². The van der Waals surface area contributed by atoms with Crippen LogP contribution in [0.3, 0.4) is 0 Å². The van der Waals surface area contributed by atoms with Gasteiger partial charge in [0.05, 0.1) is 18.9 Å². The van der Waals surface area contributed by atoms with E-state index in [2.05, 4.69) is 25.9 Å².